The molecule has 0 aliphatic carbocycles. The van der Waals surface area contributed by atoms with Crippen molar-refractivity contribution < 1.29 is 5.11 Å². The van der Waals surface area contributed by atoms with Gasteiger partial charge in [-0.2, -0.15) is 5.26 Å². The first-order valence-corrected chi connectivity index (χ1v) is 7.39. The topological polar surface area (TPSA) is 97.6 Å². The van der Waals surface area contributed by atoms with E-state index in [2.05, 4.69) is 26.3 Å². The summed E-state index contributed by atoms with van der Waals surface area (Å²) in [5.74, 6) is 0.623. The average Bonchev–Trinajstić information content (AvgIpc) is 3.06. The van der Waals surface area contributed by atoms with Crippen LogP contribution in [0.5, 0.6) is 5.75 Å². The summed E-state index contributed by atoms with van der Waals surface area (Å²) >= 11 is 0. The number of aryl methyl sites for hydroxylation is 1. The molecule has 24 heavy (non-hydrogen) atoms. The zero-order valence-corrected chi connectivity index (χ0v) is 12.8. The Morgan fingerprint density at radius 1 is 1.17 bits per heavy atom. The van der Waals surface area contributed by atoms with Gasteiger partial charge in [0.05, 0.1) is 17.4 Å². The quantitative estimate of drug-likeness (QED) is 0.523. The van der Waals surface area contributed by atoms with Crippen molar-refractivity contribution in [2.45, 2.75) is 6.92 Å². The van der Waals surface area contributed by atoms with Crippen LogP contribution >= 0.6 is 0 Å². The highest BCUT2D eigenvalue weighted by atomic mass is 16.3. The van der Waals surface area contributed by atoms with Gasteiger partial charge >= 0.3 is 0 Å². The number of anilines is 2. The van der Waals surface area contributed by atoms with E-state index < -0.39 is 0 Å². The fourth-order valence-corrected chi connectivity index (χ4v) is 2.64. The Hall–Kier alpha value is -3.59. The van der Waals surface area contributed by atoms with Crippen LogP contribution in [-0.4, -0.2) is 20.1 Å². The largest absolute Gasteiger partial charge is 0.508 e. The van der Waals surface area contributed by atoms with Crippen LogP contribution in [0.3, 0.4) is 0 Å². The molecule has 0 amide bonds. The van der Waals surface area contributed by atoms with Crippen molar-refractivity contribution in [3.63, 3.8) is 0 Å². The van der Waals surface area contributed by atoms with E-state index in [4.69, 9.17) is 0 Å². The number of nitriles is 1. The molecule has 4 aromatic rings. The number of hydrogen-bond acceptors (Lipinski definition) is 5. The van der Waals surface area contributed by atoms with Gasteiger partial charge < -0.3 is 15.4 Å². The number of rotatable bonds is 2. The Kier molecular flexibility index (Phi) is 3.07. The number of benzene rings is 2. The Bertz CT molecular complexity index is 1120. The summed E-state index contributed by atoms with van der Waals surface area (Å²) in [5.41, 5.74) is 4.23. The van der Waals surface area contributed by atoms with Crippen LogP contribution in [0.1, 0.15) is 11.1 Å². The summed E-state index contributed by atoms with van der Waals surface area (Å²) in [6.45, 7) is 1.82. The molecule has 2 heterocycles. The van der Waals surface area contributed by atoms with E-state index in [-0.39, 0.29) is 5.75 Å². The van der Waals surface area contributed by atoms with Crippen molar-refractivity contribution in [1.82, 2.24) is 15.0 Å². The van der Waals surface area contributed by atoms with Crippen molar-refractivity contribution in [3.8, 4) is 11.8 Å². The molecule has 0 atom stereocenters. The van der Waals surface area contributed by atoms with Crippen molar-refractivity contribution in [2.24, 2.45) is 0 Å². The van der Waals surface area contributed by atoms with Gasteiger partial charge in [-0.3, -0.25) is 0 Å². The summed E-state index contributed by atoms with van der Waals surface area (Å²) < 4.78 is 0. The molecule has 0 saturated carbocycles. The molecular formula is C18H13N5O. The van der Waals surface area contributed by atoms with Gasteiger partial charge in [-0.05, 0) is 30.7 Å². The Morgan fingerprint density at radius 2 is 2.04 bits per heavy atom. The number of nitrogens with one attached hydrogen (secondary N) is 2. The predicted molar refractivity (Wildman–Crippen MR) is 92.2 cm³/mol. The number of fused-ring (bicyclic) bond motifs is 3. The minimum atomic E-state index is 0.189. The molecule has 0 aliphatic rings. The molecule has 2 aromatic heterocycles. The maximum absolute atomic E-state index is 9.85. The maximum atomic E-state index is 9.85. The molecule has 2 aromatic carbocycles. The normalized spacial score (nSPS) is 10.8. The molecule has 0 aliphatic heterocycles. The van der Waals surface area contributed by atoms with E-state index in [1.807, 2.05) is 25.1 Å². The van der Waals surface area contributed by atoms with Crippen LogP contribution in [0, 0.1) is 18.3 Å². The second-order valence-electron chi connectivity index (χ2n) is 5.56. The van der Waals surface area contributed by atoms with Gasteiger partial charge in [0, 0.05) is 17.1 Å². The molecule has 4 rings (SSSR count). The number of imidazole rings is 1. The summed E-state index contributed by atoms with van der Waals surface area (Å²) in [4.78, 5) is 12.0. The van der Waals surface area contributed by atoms with Crippen molar-refractivity contribution in [1.29, 1.82) is 5.26 Å². The minimum absolute atomic E-state index is 0.189. The number of pyridine rings is 1. The predicted octanol–water partition coefficient (Wildman–Crippen LogP) is 3.74. The second-order valence-corrected chi connectivity index (χ2v) is 5.56. The molecule has 0 bridgehead atoms. The van der Waals surface area contributed by atoms with E-state index in [0.717, 1.165) is 22.0 Å². The van der Waals surface area contributed by atoms with E-state index in [1.54, 1.807) is 24.5 Å². The van der Waals surface area contributed by atoms with Gasteiger partial charge in [-0.1, -0.05) is 12.1 Å². The highest BCUT2D eigenvalue weighted by molar-refractivity contribution is 6.02. The lowest BCUT2D eigenvalue weighted by molar-refractivity contribution is 0.471. The molecule has 6 heteroatoms. The number of aromatic amines is 1. The molecule has 0 radical (unpaired) electrons. The van der Waals surface area contributed by atoms with Gasteiger partial charge in [0.15, 0.2) is 0 Å². The Labute approximate surface area is 137 Å². The fourth-order valence-electron chi connectivity index (χ4n) is 2.64. The van der Waals surface area contributed by atoms with Crippen molar-refractivity contribution >= 4 is 33.4 Å². The SMILES string of the molecule is Cc1ccc(Nc2nc3c(ccc4[nH]cnc43)cc2C#N)cc1O. The average molecular weight is 315 g/mol. The van der Waals surface area contributed by atoms with Crippen molar-refractivity contribution in [3.05, 3.63) is 53.9 Å². The maximum Gasteiger partial charge on any atom is 0.149 e. The summed E-state index contributed by atoms with van der Waals surface area (Å²) in [7, 11) is 0. The lowest BCUT2D eigenvalue weighted by Gasteiger charge is -2.10. The summed E-state index contributed by atoms with van der Waals surface area (Å²) in [6.07, 6.45) is 1.62. The lowest BCUT2D eigenvalue weighted by atomic mass is 10.1. The van der Waals surface area contributed by atoms with Crippen LogP contribution in [-0.2, 0) is 0 Å². The van der Waals surface area contributed by atoms with Gasteiger partial charge in [-0.25, -0.2) is 9.97 Å². The first kappa shape index (κ1) is 14.0. The first-order valence-electron chi connectivity index (χ1n) is 7.39. The zero-order chi connectivity index (χ0) is 16.7. The number of phenols is 1. The minimum Gasteiger partial charge on any atom is -0.508 e. The summed E-state index contributed by atoms with van der Waals surface area (Å²) in [5, 5.41) is 23.2. The number of H-pyrrole nitrogens is 1. The van der Waals surface area contributed by atoms with E-state index in [1.165, 1.54) is 0 Å². The van der Waals surface area contributed by atoms with E-state index in [9.17, 15) is 10.4 Å². The molecule has 6 nitrogen and oxygen atoms in total. The second kappa shape index (κ2) is 5.25. The van der Waals surface area contributed by atoms with Crippen LogP contribution in [0.15, 0.2) is 42.7 Å². The standard InChI is InChI=1S/C18H13N5O/c1-10-2-4-13(7-15(10)24)22-18-12(8-19)6-11-3-5-14-17(16(11)23-18)21-9-20-14/h2-7,9,24H,1H3,(H,20,21)(H,22,23). The van der Waals surface area contributed by atoms with Gasteiger partial charge in [-0.15, -0.1) is 0 Å². The first-order chi connectivity index (χ1) is 11.7. The van der Waals surface area contributed by atoms with Gasteiger partial charge in [0.25, 0.3) is 0 Å². The monoisotopic (exact) mass is 315 g/mol. The third-order valence-corrected chi connectivity index (χ3v) is 3.97. The van der Waals surface area contributed by atoms with Crippen LogP contribution in [0.25, 0.3) is 21.9 Å². The number of aromatic hydroxyl groups is 1. The fraction of sp³-hybridized carbons (Fsp3) is 0.0556. The summed E-state index contributed by atoms with van der Waals surface area (Å²) in [6, 6.07) is 13.0. The number of nitrogens with zero attached hydrogens (tertiary/aromatic N) is 3. The van der Waals surface area contributed by atoms with Crippen LogP contribution in [0.4, 0.5) is 11.5 Å². The van der Waals surface area contributed by atoms with Crippen LogP contribution < -0.4 is 5.32 Å². The zero-order valence-electron chi connectivity index (χ0n) is 12.8. The highest BCUT2D eigenvalue weighted by Crippen LogP contribution is 2.28. The van der Waals surface area contributed by atoms with E-state index >= 15 is 0 Å². The molecule has 116 valence electrons. The molecule has 0 unspecified atom stereocenters. The molecule has 3 N–H and O–H groups in total. The molecular weight excluding hydrogens is 302 g/mol. The smallest absolute Gasteiger partial charge is 0.149 e. The highest BCUT2D eigenvalue weighted by Gasteiger charge is 2.11. The van der Waals surface area contributed by atoms with E-state index in [0.29, 0.717) is 22.6 Å². The number of hydrogen-bond donors (Lipinski definition) is 3. The third kappa shape index (κ3) is 2.20. The van der Waals surface area contributed by atoms with Crippen molar-refractivity contribution in [2.75, 3.05) is 5.32 Å². The molecule has 0 spiro atoms. The molecule has 0 saturated heterocycles. The Morgan fingerprint density at radius 3 is 2.83 bits per heavy atom. The number of aromatic nitrogens is 3. The Balaban J connectivity index is 1.89. The molecule has 0 fully saturated rings. The number of phenolic OH excluding ortho intramolecular Hbond substituents is 1. The van der Waals surface area contributed by atoms with Gasteiger partial charge in [0.1, 0.15) is 28.7 Å². The van der Waals surface area contributed by atoms with Gasteiger partial charge in [0.2, 0.25) is 0 Å². The van der Waals surface area contributed by atoms with Crippen LogP contribution in [0.2, 0.25) is 0 Å². The lowest BCUT2D eigenvalue weighted by Crippen LogP contribution is -1.98. The third-order valence-electron chi connectivity index (χ3n) is 3.97.